The van der Waals surface area contributed by atoms with Crippen molar-refractivity contribution in [2.24, 2.45) is 0 Å². The summed E-state index contributed by atoms with van der Waals surface area (Å²) in [5, 5.41) is 0.818. The van der Waals surface area contributed by atoms with Crippen molar-refractivity contribution in [2.75, 3.05) is 0 Å². The molecule has 0 bridgehead atoms. The van der Waals surface area contributed by atoms with Gasteiger partial charge in [-0.1, -0.05) is 24.3 Å². The fourth-order valence-corrected chi connectivity index (χ4v) is 4.26. The lowest BCUT2D eigenvalue weighted by molar-refractivity contribution is 0.482. The maximum atomic E-state index is 12.9. The highest BCUT2D eigenvalue weighted by Gasteiger charge is 2.11. The van der Waals surface area contributed by atoms with E-state index in [9.17, 15) is 19.2 Å². The number of ether oxygens (including phenoxy) is 1. The average molecular weight is 490 g/mol. The van der Waals surface area contributed by atoms with Crippen LogP contribution in [0.3, 0.4) is 0 Å². The maximum Gasteiger partial charge on any atom is 0.333 e. The Morgan fingerprint density at radius 1 is 0.486 bits per heavy atom. The molecule has 2 aromatic heterocycles. The van der Waals surface area contributed by atoms with Crippen LogP contribution >= 0.6 is 0 Å². The smallest absolute Gasteiger partial charge is 0.333 e. The topological polar surface area (TPSA) is 119 Å². The Balaban J connectivity index is 1.28. The molecule has 37 heavy (non-hydrogen) atoms. The molecule has 0 amide bonds. The average Bonchev–Trinajstić information content (AvgIpc) is 2.91. The zero-order chi connectivity index (χ0) is 25.5. The molecule has 0 radical (unpaired) electrons. The Bertz CT molecular complexity index is 1880. The van der Waals surface area contributed by atoms with Crippen LogP contribution in [0.25, 0.3) is 33.2 Å². The molecular formula is C28H18N4O5. The molecule has 4 aromatic carbocycles. The number of benzene rings is 4. The van der Waals surface area contributed by atoms with Crippen LogP contribution in [0.1, 0.15) is 0 Å². The summed E-state index contributed by atoms with van der Waals surface area (Å²) in [5.74, 6) is 0.949. The number of hydrogen-bond donors (Lipinski definition) is 2. The molecule has 0 aliphatic rings. The van der Waals surface area contributed by atoms with Crippen molar-refractivity contribution in [2.45, 2.75) is 0 Å². The van der Waals surface area contributed by atoms with Crippen LogP contribution in [0, 0.1) is 0 Å². The number of aromatic amines is 2. The minimum Gasteiger partial charge on any atom is -0.457 e. The summed E-state index contributed by atoms with van der Waals surface area (Å²) < 4.78 is 8.01. The van der Waals surface area contributed by atoms with Crippen molar-refractivity contribution in [3.05, 3.63) is 139 Å². The van der Waals surface area contributed by atoms with Crippen molar-refractivity contribution in [3.8, 4) is 22.9 Å². The Hall–Kier alpha value is -5.44. The molecule has 0 fully saturated rings. The lowest BCUT2D eigenvalue weighted by atomic mass is 10.2. The van der Waals surface area contributed by atoms with E-state index in [1.807, 2.05) is 0 Å². The molecule has 0 aliphatic heterocycles. The molecule has 2 heterocycles. The van der Waals surface area contributed by atoms with Crippen LogP contribution in [0.4, 0.5) is 0 Å². The highest BCUT2D eigenvalue weighted by atomic mass is 16.5. The number of aromatic nitrogens is 4. The fourth-order valence-electron chi connectivity index (χ4n) is 4.26. The van der Waals surface area contributed by atoms with Crippen molar-refractivity contribution >= 4 is 21.8 Å². The first kappa shape index (κ1) is 22.1. The van der Waals surface area contributed by atoms with E-state index in [1.54, 1.807) is 97.1 Å². The fraction of sp³-hybridized carbons (Fsp3) is 0. The monoisotopic (exact) mass is 490 g/mol. The van der Waals surface area contributed by atoms with E-state index in [2.05, 4.69) is 9.97 Å². The largest absolute Gasteiger partial charge is 0.457 e. The van der Waals surface area contributed by atoms with Crippen LogP contribution in [0.5, 0.6) is 11.5 Å². The number of H-pyrrole nitrogens is 2. The number of nitrogens with one attached hydrogen (secondary N) is 2. The van der Waals surface area contributed by atoms with E-state index >= 15 is 0 Å². The van der Waals surface area contributed by atoms with Crippen LogP contribution < -0.4 is 27.2 Å². The van der Waals surface area contributed by atoms with E-state index in [-0.39, 0.29) is 0 Å². The van der Waals surface area contributed by atoms with Crippen molar-refractivity contribution in [3.63, 3.8) is 0 Å². The lowest BCUT2D eigenvalue weighted by Crippen LogP contribution is -2.33. The molecule has 6 rings (SSSR count). The first-order chi connectivity index (χ1) is 18.0. The first-order valence-electron chi connectivity index (χ1n) is 11.4. The highest BCUT2D eigenvalue weighted by molar-refractivity contribution is 5.78. The second kappa shape index (κ2) is 8.65. The molecule has 0 saturated carbocycles. The lowest BCUT2D eigenvalue weighted by Gasteiger charge is -2.10. The third kappa shape index (κ3) is 3.84. The van der Waals surface area contributed by atoms with Gasteiger partial charge >= 0.3 is 11.4 Å². The molecule has 6 aromatic rings. The third-order valence-electron chi connectivity index (χ3n) is 6.04. The molecule has 180 valence electrons. The van der Waals surface area contributed by atoms with Crippen molar-refractivity contribution in [1.82, 2.24) is 19.1 Å². The van der Waals surface area contributed by atoms with Crippen LogP contribution in [-0.2, 0) is 0 Å². The van der Waals surface area contributed by atoms with E-state index in [4.69, 9.17) is 4.74 Å². The highest BCUT2D eigenvalue weighted by Crippen LogP contribution is 2.23. The minimum atomic E-state index is -0.535. The van der Waals surface area contributed by atoms with Gasteiger partial charge < -0.3 is 14.7 Å². The maximum absolute atomic E-state index is 12.9. The van der Waals surface area contributed by atoms with E-state index in [0.717, 1.165) is 9.13 Å². The molecule has 9 nitrogen and oxygen atoms in total. The van der Waals surface area contributed by atoms with Gasteiger partial charge in [0.2, 0.25) is 0 Å². The molecule has 0 spiro atoms. The molecule has 0 unspecified atom stereocenters. The van der Waals surface area contributed by atoms with Gasteiger partial charge in [0.05, 0.1) is 33.2 Å². The summed E-state index contributed by atoms with van der Waals surface area (Å²) in [4.78, 5) is 56.2. The van der Waals surface area contributed by atoms with Gasteiger partial charge in [-0.05, 0) is 72.8 Å². The number of para-hydroxylation sites is 2. The Morgan fingerprint density at radius 3 is 1.27 bits per heavy atom. The van der Waals surface area contributed by atoms with E-state index < -0.39 is 22.5 Å². The van der Waals surface area contributed by atoms with E-state index in [1.165, 1.54) is 0 Å². The standard InChI is InChI=1S/C28H18N4O5/c33-25-21-5-1-3-7-23(21)29-27(35)31(25)17-9-13-19(14-10-17)37-20-15-11-18(12-16-20)32-26(34)22-6-2-4-8-24(22)30-28(32)36/h1-16H,(H,29,35)(H,30,36). The van der Waals surface area contributed by atoms with Gasteiger partial charge in [-0.2, -0.15) is 0 Å². The molecule has 2 N–H and O–H groups in total. The van der Waals surface area contributed by atoms with Crippen LogP contribution in [0.15, 0.2) is 116 Å². The van der Waals surface area contributed by atoms with Gasteiger partial charge in [-0.15, -0.1) is 0 Å². The molecular weight excluding hydrogens is 472 g/mol. The molecule has 9 heteroatoms. The first-order valence-corrected chi connectivity index (χ1v) is 11.4. The second-order valence-electron chi connectivity index (χ2n) is 8.32. The van der Waals surface area contributed by atoms with Crippen LogP contribution in [-0.4, -0.2) is 19.1 Å². The SMILES string of the molecule is O=c1[nH]c2ccccc2c(=O)n1-c1ccc(Oc2ccc(-n3c(=O)[nH]c4ccccc4c3=O)cc2)cc1. The number of fused-ring (bicyclic) bond motifs is 2. The van der Waals surface area contributed by atoms with Crippen molar-refractivity contribution < 1.29 is 4.74 Å². The van der Waals surface area contributed by atoms with Crippen molar-refractivity contribution in [1.29, 1.82) is 0 Å². The Labute approximate surface area is 207 Å². The Kier molecular flexibility index (Phi) is 5.16. The number of hydrogen-bond acceptors (Lipinski definition) is 5. The quantitative estimate of drug-likeness (QED) is 0.392. The number of rotatable bonds is 4. The summed E-state index contributed by atoms with van der Waals surface area (Å²) in [6, 6.07) is 26.7. The zero-order valence-corrected chi connectivity index (χ0v) is 19.2. The van der Waals surface area contributed by atoms with Gasteiger partial charge in [-0.3, -0.25) is 9.59 Å². The third-order valence-corrected chi connectivity index (χ3v) is 6.04. The van der Waals surface area contributed by atoms with Crippen LogP contribution in [0.2, 0.25) is 0 Å². The minimum absolute atomic E-state index is 0.398. The van der Waals surface area contributed by atoms with E-state index in [0.29, 0.717) is 44.7 Å². The summed E-state index contributed by atoms with van der Waals surface area (Å²) in [5.41, 5.74) is -0.150. The van der Waals surface area contributed by atoms with Gasteiger partial charge in [0.25, 0.3) is 11.1 Å². The molecule has 0 atom stereocenters. The zero-order valence-electron chi connectivity index (χ0n) is 19.2. The number of nitrogens with zero attached hydrogens (tertiary/aromatic N) is 2. The second-order valence-corrected chi connectivity index (χ2v) is 8.32. The summed E-state index contributed by atoms with van der Waals surface area (Å²) >= 11 is 0. The van der Waals surface area contributed by atoms with Gasteiger partial charge in [0, 0.05) is 0 Å². The summed E-state index contributed by atoms with van der Waals surface area (Å²) in [7, 11) is 0. The van der Waals surface area contributed by atoms with Gasteiger partial charge in [0.15, 0.2) is 0 Å². The molecule has 0 saturated heterocycles. The summed E-state index contributed by atoms with van der Waals surface area (Å²) in [6.45, 7) is 0. The predicted molar refractivity (Wildman–Crippen MR) is 140 cm³/mol. The normalized spacial score (nSPS) is 11.1. The van der Waals surface area contributed by atoms with Gasteiger partial charge in [0.1, 0.15) is 11.5 Å². The summed E-state index contributed by atoms with van der Waals surface area (Å²) in [6.07, 6.45) is 0. The molecule has 0 aliphatic carbocycles. The van der Waals surface area contributed by atoms with Gasteiger partial charge in [-0.25, -0.2) is 18.7 Å². The predicted octanol–water partition coefficient (Wildman–Crippen LogP) is 3.46. The Morgan fingerprint density at radius 2 is 0.865 bits per heavy atom.